The van der Waals surface area contributed by atoms with Gasteiger partial charge in [-0.25, -0.2) is 0 Å². The number of hydrogen-bond donors (Lipinski definition) is 1. The van der Waals surface area contributed by atoms with Crippen molar-refractivity contribution in [2.45, 2.75) is 51.5 Å². The molecule has 0 saturated heterocycles. The highest BCUT2D eigenvalue weighted by Crippen LogP contribution is 2.40. The van der Waals surface area contributed by atoms with Gasteiger partial charge in [0, 0.05) is 6.04 Å². The summed E-state index contributed by atoms with van der Waals surface area (Å²) < 4.78 is 0. The molecule has 1 aromatic rings. The zero-order valence-corrected chi connectivity index (χ0v) is 10.4. The first-order valence-electron chi connectivity index (χ1n) is 6.58. The molecule has 2 N–H and O–H groups in total. The maximum Gasteiger partial charge on any atom is 0.0323 e. The molecular formula is C15H23N. The van der Waals surface area contributed by atoms with E-state index in [1.165, 1.54) is 30.4 Å². The van der Waals surface area contributed by atoms with E-state index in [1.807, 2.05) is 0 Å². The summed E-state index contributed by atoms with van der Waals surface area (Å²) in [6.45, 7) is 4.47. The van der Waals surface area contributed by atoms with Gasteiger partial charge in [0.2, 0.25) is 0 Å². The highest BCUT2D eigenvalue weighted by molar-refractivity contribution is 5.34. The molecule has 0 aromatic heterocycles. The molecule has 1 heteroatoms. The molecule has 0 spiro atoms. The average molecular weight is 217 g/mol. The number of nitrogens with two attached hydrogens (primary N) is 1. The van der Waals surface area contributed by atoms with Gasteiger partial charge in [-0.2, -0.15) is 0 Å². The SMILES string of the molecule is CCC(C)C(N)c1ccccc1C1CCC1. The maximum absolute atomic E-state index is 6.37. The van der Waals surface area contributed by atoms with E-state index in [1.54, 1.807) is 0 Å². The molecule has 1 fully saturated rings. The Bertz CT molecular complexity index is 341. The van der Waals surface area contributed by atoms with Crippen molar-refractivity contribution in [2.24, 2.45) is 11.7 Å². The molecule has 1 aromatic carbocycles. The minimum atomic E-state index is 0.210. The minimum absolute atomic E-state index is 0.210. The average Bonchev–Trinajstić information content (AvgIpc) is 2.25. The number of benzene rings is 1. The van der Waals surface area contributed by atoms with Gasteiger partial charge in [0.1, 0.15) is 0 Å². The zero-order valence-electron chi connectivity index (χ0n) is 10.4. The quantitative estimate of drug-likeness (QED) is 0.810. The Hall–Kier alpha value is -0.820. The van der Waals surface area contributed by atoms with E-state index in [9.17, 15) is 0 Å². The van der Waals surface area contributed by atoms with Crippen LogP contribution in [0.5, 0.6) is 0 Å². The fraction of sp³-hybridized carbons (Fsp3) is 0.600. The maximum atomic E-state index is 6.37. The summed E-state index contributed by atoms with van der Waals surface area (Å²) in [6, 6.07) is 8.99. The second-order valence-corrected chi connectivity index (χ2v) is 5.17. The van der Waals surface area contributed by atoms with E-state index in [-0.39, 0.29) is 6.04 Å². The molecule has 2 unspecified atom stereocenters. The summed E-state index contributed by atoms with van der Waals surface area (Å²) in [7, 11) is 0. The molecule has 1 nitrogen and oxygen atoms in total. The van der Waals surface area contributed by atoms with Gasteiger partial charge in [0.05, 0.1) is 0 Å². The minimum Gasteiger partial charge on any atom is -0.324 e. The van der Waals surface area contributed by atoms with Crippen LogP contribution < -0.4 is 5.73 Å². The van der Waals surface area contributed by atoms with Crippen molar-refractivity contribution in [1.82, 2.24) is 0 Å². The normalized spacial score (nSPS) is 20.2. The Morgan fingerprint density at radius 3 is 2.56 bits per heavy atom. The highest BCUT2D eigenvalue weighted by Gasteiger charge is 2.25. The van der Waals surface area contributed by atoms with Crippen LogP contribution in [0, 0.1) is 5.92 Å². The molecule has 0 radical (unpaired) electrons. The Balaban J connectivity index is 2.24. The predicted molar refractivity (Wildman–Crippen MR) is 69.4 cm³/mol. The third kappa shape index (κ3) is 2.15. The molecular weight excluding hydrogens is 194 g/mol. The van der Waals surface area contributed by atoms with Crippen LogP contribution in [0.25, 0.3) is 0 Å². The first-order valence-corrected chi connectivity index (χ1v) is 6.58. The summed E-state index contributed by atoms with van der Waals surface area (Å²) in [4.78, 5) is 0. The summed E-state index contributed by atoms with van der Waals surface area (Å²) >= 11 is 0. The lowest BCUT2D eigenvalue weighted by Crippen LogP contribution is -2.22. The molecule has 2 atom stereocenters. The van der Waals surface area contributed by atoms with E-state index >= 15 is 0 Å². The molecule has 2 rings (SSSR count). The van der Waals surface area contributed by atoms with Crippen LogP contribution in [0.3, 0.4) is 0 Å². The van der Waals surface area contributed by atoms with Gasteiger partial charge in [0.25, 0.3) is 0 Å². The van der Waals surface area contributed by atoms with Crippen LogP contribution >= 0.6 is 0 Å². The number of rotatable bonds is 4. The van der Waals surface area contributed by atoms with Crippen molar-refractivity contribution in [2.75, 3.05) is 0 Å². The van der Waals surface area contributed by atoms with Crippen molar-refractivity contribution < 1.29 is 0 Å². The van der Waals surface area contributed by atoms with Gasteiger partial charge in [-0.15, -0.1) is 0 Å². The van der Waals surface area contributed by atoms with Gasteiger partial charge < -0.3 is 5.73 Å². The standard InChI is InChI=1S/C15H23N/c1-3-11(2)15(16)14-10-5-4-9-13(14)12-7-6-8-12/h4-5,9-12,15H,3,6-8,16H2,1-2H3. The fourth-order valence-corrected chi connectivity index (χ4v) is 2.47. The molecule has 0 aliphatic heterocycles. The van der Waals surface area contributed by atoms with E-state index < -0.39 is 0 Å². The lowest BCUT2D eigenvalue weighted by molar-refractivity contribution is 0.403. The van der Waals surface area contributed by atoms with Crippen LogP contribution in [0.1, 0.15) is 62.6 Å². The summed E-state index contributed by atoms with van der Waals surface area (Å²) in [5, 5.41) is 0. The van der Waals surface area contributed by atoms with Crippen LogP contribution in [0.4, 0.5) is 0 Å². The monoisotopic (exact) mass is 217 g/mol. The largest absolute Gasteiger partial charge is 0.324 e. The van der Waals surface area contributed by atoms with Crippen molar-refractivity contribution in [3.05, 3.63) is 35.4 Å². The predicted octanol–water partition coefficient (Wildman–Crippen LogP) is 4.00. The first-order chi connectivity index (χ1) is 7.74. The van der Waals surface area contributed by atoms with Crippen molar-refractivity contribution >= 4 is 0 Å². The molecule has 1 aliphatic rings. The van der Waals surface area contributed by atoms with Gasteiger partial charge in [-0.05, 0) is 35.8 Å². The van der Waals surface area contributed by atoms with E-state index in [4.69, 9.17) is 5.73 Å². The lowest BCUT2D eigenvalue weighted by atomic mass is 9.76. The molecule has 16 heavy (non-hydrogen) atoms. The Kier molecular flexibility index (Phi) is 3.65. The van der Waals surface area contributed by atoms with Crippen LogP contribution in [0.15, 0.2) is 24.3 Å². The van der Waals surface area contributed by atoms with E-state index in [2.05, 4.69) is 38.1 Å². The van der Waals surface area contributed by atoms with Crippen molar-refractivity contribution in [3.8, 4) is 0 Å². The summed E-state index contributed by atoms with van der Waals surface area (Å²) in [6.07, 6.45) is 5.24. The molecule has 0 heterocycles. The Labute approximate surface area is 99.0 Å². The van der Waals surface area contributed by atoms with E-state index in [0.29, 0.717) is 5.92 Å². The zero-order chi connectivity index (χ0) is 11.5. The van der Waals surface area contributed by atoms with Crippen molar-refractivity contribution in [3.63, 3.8) is 0 Å². The molecule has 88 valence electrons. The van der Waals surface area contributed by atoms with Gasteiger partial charge in [-0.1, -0.05) is 51.0 Å². The van der Waals surface area contributed by atoms with Crippen LogP contribution in [0.2, 0.25) is 0 Å². The molecule has 0 amide bonds. The van der Waals surface area contributed by atoms with Crippen LogP contribution in [-0.2, 0) is 0 Å². The summed E-state index contributed by atoms with van der Waals surface area (Å²) in [5.41, 5.74) is 9.27. The van der Waals surface area contributed by atoms with Crippen LogP contribution in [-0.4, -0.2) is 0 Å². The third-order valence-electron chi connectivity index (χ3n) is 4.16. The van der Waals surface area contributed by atoms with Gasteiger partial charge in [-0.3, -0.25) is 0 Å². The third-order valence-corrected chi connectivity index (χ3v) is 4.16. The Morgan fingerprint density at radius 1 is 1.31 bits per heavy atom. The second-order valence-electron chi connectivity index (χ2n) is 5.17. The van der Waals surface area contributed by atoms with E-state index in [0.717, 1.165) is 12.3 Å². The molecule has 1 aliphatic carbocycles. The highest BCUT2D eigenvalue weighted by atomic mass is 14.6. The lowest BCUT2D eigenvalue weighted by Gasteiger charge is -2.31. The van der Waals surface area contributed by atoms with Gasteiger partial charge >= 0.3 is 0 Å². The Morgan fingerprint density at radius 2 is 2.00 bits per heavy atom. The molecule has 0 bridgehead atoms. The number of hydrogen-bond acceptors (Lipinski definition) is 1. The van der Waals surface area contributed by atoms with Crippen molar-refractivity contribution in [1.29, 1.82) is 0 Å². The summed E-state index contributed by atoms with van der Waals surface area (Å²) in [5.74, 6) is 1.35. The van der Waals surface area contributed by atoms with Gasteiger partial charge in [0.15, 0.2) is 0 Å². The second kappa shape index (κ2) is 5.01. The first kappa shape index (κ1) is 11.7. The molecule has 1 saturated carbocycles. The fourth-order valence-electron chi connectivity index (χ4n) is 2.47. The smallest absolute Gasteiger partial charge is 0.0323 e. The topological polar surface area (TPSA) is 26.0 Å².